The maximum Gasteiger partial charge on any atom is 0.335 e. The molecule has 1 aliphatic heterocycles. The highest BCUT2D eigenvalue weighted by Gasteiger charge is 2.25. The lowest BCUT2D eigenvalue weighted by Crippen LogP contribution is -2.29. The summed E-state index contributed by atoms with van der Waals surface area (Å²) in [6.07, 6.45) is 3.26. The number of carboxylic acids is 1. The minimum absolute atomic E-state index is 0.00677. The van der Waals surface area contributed by atoms with E-state index in [9.17, 15) is 9.59 Å². The van der Waals surface area contributed by atoms with Gasteiger partial charge < -0.3 is 14.4 Å². The van der Waals surface area contributed by atoms with Crippen LogP contribution in [0, 0.1) is 0 Å². The van der Waals surface area contributed by atoms with E-state index in [0.717, 1.165) is 23.4 Å². The number of amides is 1. The Morgan fingerprint density at radius 2 is 2.14 bits per heavy atom. The first-order chi connectivity index (χ1) is 10.1. The molecule has 0 saturated heterocycles. The normalized spacial score (nSPS) is 13.2. The zero-order chi connectivity index (χ0) is 14.8. The molecule has 0 aliphatic carbocycles. The van der Waals surface area contributed by atoms with Crippen LogP contribution in [0.4, 0.5) is 5.69 Å². The summed E-state index contributed by atoms with van der Waals surface area (Å²) in [5.74, 6) is -0.206. The number of fused-ring (bicyclic) bond motifs is 1. The quantitative estimate of drug-likeness (QED) is 0.937. The van der Waals surface area contributed by atoms with Gasteiger partial charge in [0.25, 0.3) is 0 Å². The van der Waals surface area contributed by atoms with Crippen LogP contribution < -0.4 is 4.90 Å². The fourth-order valence-corrected chi connectivity index (χ4v) is 2.59. The Balaban J connectivity index is 1.75. The molecule has 3 rings (SSSR count). The number of carbonyl (C=O) groups is 2. The van der Waals surface area contributed by atoms with Gasteiger partial charge in [0.15, 0.2) is 0 Å². The van der Waals surface area contributed by atoms with Crippen molar-refractivity contribution >= 4 is 17.6 Å². The first-order valence-electron chi connectivity index (χ1n) is 6.84. The van der Waals surface area contributed by atoms with Crippen LogP contribution in [0.2, 0.25) is 0 Å². The van der Waals surface area contributed by atoms with Crippen LogP contribution in [-0.4, -0.2) is 23.5 Å². The van der Waals surface area contributed by atoms with E-state index in [1.807, 2.05) is 6.07 Å². The first kappa shape index (κ1) is 13.4. The maximum atomic E-state index is 12.3. The standard InChI is InChI=1S/C16H15NO4/c18-15(6-5-13-2-1-9-21-13)17-8-7-11-3-4-12(16(19)20)10-14(11)17/h1-4,9-10H,5-8H2,(H,19,20). The molecule has 21 heavy (non-hydrogen) atoms. The van der Waals surface area contributed by atoms with Gasteiger partial charge in [-0.1, -0.05) is 6.07 Å². The Morgan fingerprint density at radius 1 is 1.29 bits per heavy atom. The summed E-state index contributed by atoms with van der Waals surface area (Å²) in [6, 6.07) is 8.59. The Morgan fingerprint density at radius 3 is 2.86 bits per heavy atom. The number of carboxylic acid groups (broad SMARTS) is 1. The lowest BCUT2D eigenvalue weighted by Gasteiger charge is -2.17. The molecular weight excluding hydrogens is 270 g/mol. The van der Waals surface area contributed by atoms with Gasteiger partial charge in [0, 0.05) is 25.1 Å². The average Bonchev–Trinajstić information content (AvgIpc) is 3.13. The summed E-state index contributed by atoms with van der Waals surface area (Å²) in [5, 5.41) is 9.05. The second-order valence-corrected chi connectivity index (χ2v) is 5.02. The van der Waals surface area contributed by atoms with Crippen LogP contribution in [0.5, 0.6) is 0 Å². The lowest BCUT2D eigenvalue weighted by atomic mass is 10.1. The zero-order valence-corrected chi connectivity index (χ0v) is 11.4. The third-order valence-electron chi connectivity index (χ3n) is 3.69. The molecule has 0 saturated carbocycles. The van der Waals surface area contributed by atoms with Crippen LogP contribution >= 0.6 is 0 Å². The van der Waals surface area contributed by atoms with Gasteiger partial charge in [0.2, 0.25) is 5.91 Å². The van der Waals surface area contributed by atoms with E-state index in [1.165, 1.54) is 0 Å². The Labute approximate surface area is 121 Å². The minimum atomic E-state index is -0.979. The van der Waals surface area contributed by atoms with E-state index in [-0.39, 0.29) is 11.5 Å². The summed E-state index contributed by atoms with van der Waals surface area (Å²) in [5.41, 5.74) is 1.95. The van der Waals surface area contributed by atoms with Gasteiger partial charge in [-0.3, -0.25) is 4.79 Å². The fraction of sp³-hybridized carbons (Fsp3) is 0.250. The van der Waals surface area contributed by atoms with E-state index < -0.39 is 5.97 Å². The Kier molecular flexibility index (Phi) is 3.48. The van der Waals surface area contributed by atoms with Gasteiger partial charge in [0.1, 0.15) is 5.76 Å². The molecule has 5 heteroatoms. The van der Waals surface area contributed by atoms with Crippen molar-refractivity contribution in [3.8, 4) is 0 Å². The number of hydrogen-bond acceptors (Lipinski definition) is 3. The molecular formula is C16H15NO4. The van der Waals surface area contributed by atoms with E-state index in [1.54, 1.807) is 35.4 Å². The molecule has 2 heterocycles. The van der Waals surface area contributed by atoms with Crippen molar-refractivity contribution in [1.82, 2.24) is 0 Å². The number of aromatic carboxylic acids is 1. The summed E-state index contributed by atoms with van der Waals surface area (Å²) in [7, 11) is 0. The van der Waals surface area contributed by atoms with Gasteiger partial charge in [-0.25, -0.2) is 4.79 Å². The van der Waals surface area contributed by atoms with Crippen molar-refractivity contribution in [2.24, 2.45) is 0 Å². The third-order valence-corrected chi connectivity index (χ3v) is 3.69. The molecule has 1 N–H and O–H groups in total. The number of nitrogens with zero attached hydrogens (tertiary/aromatic N) is 1. The molecule has 1 aromatic carbocycles. The van der Waals surface area contributed by atoms with E-state index >= 15 is 0 Å². The molecule has 5 nitrogen and oxygen atoms in total. The SMILES string of the molecule is O=C(O)c1ccc2c(c1)N(C(=O)CCc1ccco1)CC2. The van der Waals surface area contributed by atoms with E-state index in [2.05, 4.69) is 0 Å². The predicted octanol–water partition coefficient (Wildman–Crippen LogP) is 2.50. The largest absolute Gasteiger partial charge is 0.478 e. The Hall–Kier alpha value is -2.56. The molecule has 0 atom stereocenters. The van der Waals surface area contributed by atoms with Crippen molar-refractivity contribution in [1.29, 1.82) is 0 Å². The molecule has 2 aromatic rings. The zero-order valence-electron chi connectivity index (χ0n) is 11.4. The number of carbonyl (C=O) groups excluding carboxylic acids is 1. The summed E-state index contributed by atoms with van der Waals surface area (Å²) in [6.45, 7) is 0.607. The number of aryl methyl sites for hydroxylation is 1. The molecule has 0 bridgehead atoms. The number of rotatable bonds is 4. The van der Waals surface area contributed by atoms with Crippen LogP contribution in [0.25, 0.3) is 0 Å². The average molecular weight is 285 g/mol. The summed E-state index contributed by atoms with van der Waals surface area (Å²) < 4.78 is 5.22. The van der Waals surface area contributed by atoms with Gasteiger partial charge in [0.05, 0.1) is 11.8 Å². The fourth-order valence-electron chi connectivity index (χ4n) is 2.59. The lowest BCUT2D eigenvalue weighted by molar-refractivity contribution is -0.118. The minimum Gasteiger partial charge on any atom is -0.478 e. The van der Waals surface area contributed by atoms with Crippen molar-refractivity contribution in [3.05, 3.63) is 53.5 Å². The van der Waals surface area contributed by atoms with E-state index in [0.29, 0.717) is 19.4 Å². The van der Waals surface area contributed by atoms with Gasteiger partial charge in [-0.15, -0.1) is 0 Å². The monoisotopic (exact) mass is 285 g/mol. The highest BCUT2D eigenvalue weighted by Crippen LogP contribution is 2.29. The highest BCUT2D eigenvalue weighted by molar-refractivity contribution is 5.97. The first-order valence-corrected chi connectivity index (χ1v) is 6.84. The number of benzene rings is 1. The Bertz CT molecular complexity index is 676. The number of anilines is 1. The van der Waals surface area contributed by atoms with Crippen LogP contribution in [0.15, 0.2) is 41.0 Å². The van der Waals surface area contributed by atoms with Gasteiger partial charge in [-0.2, -0.15) is 0 Å². The smallest absolute Gasteiger partial charge is 0.335 e. The van der Waals surface area contributed by atoms with Gasteiger partial charge in [-0.05, 0) is 36.2 Å². The molecule has 1 aromatic heterocycles. The van der Waals surface area contributed by atoms with Crippen LogP contribution in [0.3, 0.4) is 0 Å². The van der Waals surface area contributed by atoms with Crippen LogP contribution in [-0.2, 0) is 17.6 Å². The highest BCUT2D eigenvalue weighted by atomic mass is 16.4. The maximum absolute atomic E-state index is 12.3. The topological polar surface area (TPSA) is 70.8 Å². The molecule has 0 spiro atoms. The van der Waals surface area contributed by atoms with Gasteiger partial charge >= 0.3 is 5.97 Å². The molecule has 1 amide bonds. The second kappa shape index (κ2) is 5.44. The second-order valence-electron chi connectivity index (χ2n) is 5.02. The predicted molar refractivity (Wildman–Crippen MR) is 76.5 cm³/mol. The van der Waals surface area contributed by atoms with Crippen molar-refractivity contribution in [2.75, 3.05) is 11.4 Å². The third kappa shape index (κ3) is 2.67. The number of hydrogen-bond donors (Lipinski definition) is 1. The molecule has 0 radical (unpaired) electrons. The van der Waals surface area contributed by atoms with Crippen molar-refractivity contribution in [2.45, 2.75) is 19.3 Å². The van der Waals surface area contributed by atoms with E-state index in [4.69, 9.17) is 9.52 Å². The molecule has 0 fully saturated rings. The number of furan rings is 1. The van der Waals surface area contributed by atoms with Crippen LogP contribution in [0.1, 0.15) is 28.1 Å². The molecule has 1 aliphatic rings. The molecule has 108 valence electrons. The van der Waals surface area contributed by atoms with Crippen molar-refractivity contribution < 1.29 is 19.1 Å². The molecule has 0 unspecified atom stereocenters. The summed E-state index contributed by atoms with van der Waals surface area (Å²) >= 11 is 0. The van der Waals surface area contributed by atoms with Crippen molar-refractivity contribution in [3.63, 3.8) is 0 Å². The summed E-state index contributed by atoms with van der Waals surface area (Å²) in [4.78, 5) is 25.0.